The van der Waals surface area contributed by atoms with Crippen molar-refractivity contribution in [2.45, 2.75) is 12.8 Å². The second kappa shape index (κ2) is 9.85. The third-order valence-electron chi connectivity index (χ3n) is 1.99. The Morgan fingerprint density at radius 2 is 1.94 bits per heavy atom. The molecule has 0 unspecified atom stereocenters. The van der Waals surface area contributed by atoms with Crippen LogP contribution in [0.25, 0.3) is 0 Å². The SMILES string of the molecule is CO[SiH2][Si](OC)(OC)OCCCCN=C=O. The van der Waals surface area contributed by atoms with Crippen molar-refractivity contribution >= 4 is 23.7 Å². The Bertz CT molecular complexity index is 218. The Kier molecular flexibility index (Phi) is 9.64. The van der Waals surface area contributed by atoms with Crippen molar-refractivity contribution in [3.05, 3.63) is 0 Å². The van der Waals surface area contributed by atoms with E-state index in [1.807, 2.05) is 0 Å². The molecular formula is C8H19NO5Si2. The fourth-order valence-corrected chi connectivity index (χ4v) is 5.08. The van der Waals surface area contributed by atoms with Crippen LogP contribution in [0.4, 0.5) is 0 Å². The molecule has 94 valence electrons. The van der Waals surface area contributed by atoms with E-state index in [-0.39, 0.29) is 0 Å². The van der Waals surface area contributed by atoms with Crippen molar-refractivity contribution in [3.63, 3.8) is 0 Å². The second-order valence-electron chi connectivity index (χ2n) is 3.05. The van der Waals surface area contributed by atoms with Gasteiger partial charge in [0, 0.05) is 27.9 Å². The van der Waals surface area contributed by atoms with Gasteiger partial charge in [-0.15, -0.1) is 0 Å². The van der Waals surface area contributed by atoms with Crippen LogP contribution in [0.3, 0.4) is 0 Å². The van der Waals surface area contributed by atoms with E-state index in [0.29, 0.717) is 13.2 Å². The van der Waals surface area contributed by atoms with E-state index in [4.69, 9.17) is 17.7 Å². The van der Waals surface area contributed by atoms with Gasteiger partial charge in [-0.1, -0.05) is 0 Å². The number of rotatable bonds is 10. The molecular weight excluding hydrogens is 246 g/mol. The highest BCUT2D eigenvalue weighted by Gasteiger charge is 2.39. The second-order valence-corrected chi connectivity index (χ2v) is 9.85. The molecule has 0 aliphatic heterocycles. The van der Waals surface area contributed by atoms with E-state index in [2.05, 4.69) is 4.99 Å². The Morgan fingerprint density at radius 1 is 1.25 bits per heavy atom. The topological polar surface area (TPSA) is 66.3 Å². The zero-order valence-corrected chi connectivity index (χ0v) is 12.4. The van der Waals surface area contributed by atoms with Gasteiger partial charge in [0.25, 0.3) is 9.28 Å². The highest BCUT2D eigenvalue weighted by Crippen LogP contribution is 2.07. The van der Waals surface area contributed by atoms with Gasteiger partial charge in [-0.2, -0.15) is 0 Å². The lowest BCUT2D eigenvalue weighted by Gasteiger charge is -2.25. The molecule has 0 amide bonds. The Labute approximate surface area is 99.0 Å². The average molecular weight is 265 g/mol. The zero-order valence-electron chi connectivity index (χ0n) is 10.0. The third-order valence-corrected chi connectivity index (χ3v) is 8.80. The highest BCUT2D eigenvalue weighted by molar-refractivity contribution is 7.12. The van der Waals surface area contributed by atoms with Crippen LogP contribution in [0, 0.1) is 0 Å². The van der Waals surface area contributed by atoms with Crippen LogP contribution in [-0.2, 0) is 22.5 Å². The average Bonchev–Trinajstić information content (AvgIpc) is 2.32. The van der Waals surface area contributed by atoms with Crippen LogP contribution in [0.5, 0.6) is 0 Å². The number of isocyanates is 1. The Hall–Kier alpha value is -0.346. The predicted octanol–water partition coefficient (Wildman–Crippen LogP) is -0.422. The molecule has 0 saturated carbocycles. The van der Waals surface area contributed by atoms with Gasteiger partial charge >= 0.3 is 8.32 Å². The lowest BCUT2D eigenvalue weighted by molar-refractivity contribution is 0.114. The molecule has 0 aliphatic carbocycles. The minimum atomic E-state index is -2.50. The monoisotopic (exact) mass is 265 g/mol. The molecule has 0 bridgehead atoms. The molecule has 0 aromatic heterocycles. The quantitative estimate of drug-likeness (QED) is 0.232. The van der Waals surface area contributed by atoms with E-state index < -0.39 is 17.6 Å². The largest absolute Gasteiger partial charge is 0.495 e. The third kappa shape index (κ3) is 6.28. The van der Waals surface area contributed by atoms with E-state index in [9.17, 15) is 4.79 Å². The Morgan fingerprint density at radius 3 is 2.44 bits per heavy atom. The van der Waals surface area contributed by atoms with Gasteiger partial charge < -0.3 is 17.7 Å². The first-order chi connectivity index (χ1) is 7.74. The smallest absolute Gasteiger partial charge is 0.421 e. The molecule has 0 N–H and O–H groups in total. The van der Waals surface area contributed by atoms with Crippen LogP contribution in [0.1, 0.15) is 12.8 Å². The van der Waals surface area contributed by atoms with Crippen molar-refractivity contribution in [3.8, 4) is 0 Å². The molecule has 0 aromatic carbocycles. The molecule has 0 aliphatic rings. The molecule has 0 atom stereocenters. The normalized spacial score (nSPS) is 11.9. The van der Waals surface area contributed by atoms with Gasteiger partial charge in [-0.25, -0.2) is 9.79 Å². The van der Waals surface area contributed by atoms with Gasteiger partial charge in [0.05, 0.1) is 6.54 Å². The summed E-state index contributed by atoms with van der Waals surface area (Å²) < 4.78 is 21.4. The van der Waals surface area contributed by atoms with Gasteiger partial charge in [0.1, 0.15) is 0 Å². The van der Waals surface area contributed by atoms with Crippen molar-refractivity contribution in [1.29, 1.82) is 0 Å². The first-order valence-electron chi connectivity index (χ1n) is 5.01. The summed E-state index contributed by atoms with van der Waals surface area (Å²) in [6.45, 7) is 1.03. The van der Waals surface area contributed by atoms with Gasteiger partial charge in [-0.3, -0.25) is 0 Å². The van der Waals surface area contributed by atoms with Gasteiger partial charge in [0.2, 0.25) is 6.08 Å². The van der Waals surface area contributed by atoms with Crippen molar-refractivity contribution in [2.24, 2.45) is 4.99 Å². The first kappa shape index (κ1) is 15.7. The number of hydrogen-bond donors (Lipinski definition) is 0. The minimum Gasteiger partial charge on any atom is -0.421 e. The number of nitrogens with zero attached hydrogens (tertiary/aromatic N) is 1. The maximum absolute atomic E-state index is 9.81. The predicted molar refractivity (Wildman–Crippen MR) is 63.5 cm³/mol. The summed E-state index contributed by atoms with van der Waals surface area (Å²) in [4.78, 5) is 13.3. The minimum absolute atomic E-state index is 0.489. The zero-order chi connectivity index (χ0) is 12.3. The number of hydrogen-bond acceptors (Lipinski definition) is 6. The lowest BCUT2D eigenvalue weighted by atomic mass is 10.3. The molecule has 0 spiro atoms. The standard InChI is InChI=1S/C8H19NO5Si2/c1-11-15-16(12-2,13-3)14-7-5-4-6-9-8-10/h4-7,15H2,1-3H3. The van der Waals surface area contributed by atoms with Gasteiger partial charge in [-0.05, 0) is 12.8 Å². The van der Waals surface area contributed by atoms with E-state index in [1.54, 1.807) is 21.3 Å². The summed E-state index contributed by atoms with van der Waals surface area (Å²) in [6, 6.07) is 0. The fraction of sp³-hybridized carbons (Fsp3) is 0.875. The number of unbranched alkanes of at least 4 members (excludes halogenated alkanes) is 1. The summed E-state index contributed by atoms with van der Waals surface area (Å²) in [5.41, 5.74) is 0. The van der Waals surface area contributed by atoms with Crippen LogP contribution in [-0.4, -0.2) is 58.2 Å². The van der Waals surface area contributed by atoms with Crippen molar-refractivity contribution < 1.29 is 22.5 Å². The molecule has 8 heteroatoms. The van der Waals surface area contributed by atoms with E-state index in [0.717, 1.165) is 12.8 Å². The molecule has 16 heavy (non-hydrogen) atoms. The molecule has 0 radical (unpaired) electrons. The molecule has 0 aromatic rings. The number of carbonyl (C=O) groups excluding carboxylic acids is 1. The van der Waals surface area contributed by atoms with Gasteiger partial charge in [0.15, 0.2) is 0 Å². The van der Waals surface area contributed by atoms with Crippen LogP contribution < -0.4 is 0 Å². The van der Waals surface area contributed by atoms with E-state index in [1.165, 1.54) is 6.08 Å². The fourth-order valence-electron chi connectivity index (χ4n) is 1.10. The maximum atomic E-state index is 9.81. The summed E-state index contributed by atoms with van der Waals surface area (Å²) in [6.07, 6.45) is 3.10. The van der Waals surface area contributed by atoms with E-state index >= 15 is 0 Å². The molecule has 0 heterocycles. The lowest BCUT2D eigenvalue weighted by Crippen LogP contribution is -2.51. The Balaban J connectivity index is 3.79. The number of aliphatic imine (C=N–C) groups is 1. The summed E-state index contributed by atoms with van der Waals surface area (Å²) in [5, 5.41) is 0. The molecule has 6 nitrogen and oxygen atoms in total. The van der Waals surface area contributed by atoms with Crippen LogP contribution in [0.15, 0.2) is 4.99 Å². The molecule has 0 saturated heterocycles. The van der Waals surface area contributed by atoms with Crippen LogP contribution in [0.2, 0.25) is 0 Å². The van der Waals surface area contributed by atoms with Crippen molar-refractivity contribution in [2.75, 3.05) is 34.5 Å². The van der Waals surface area contributed by atoms with Crippen LogP contribution >= 0.6 is 0 Å². The highest BCUT2D eigenvalue weighted by atomic mass is 29.2. The summed E-state index contributed by atoms with van der Waals surface area (Å²) in [5.74, 6) is 0. The summed E-state index contributed by atoms with van der Waals surface area (Å²) >= 11 is 0. The molecule has 0 fully saturated rings. The maximum Gasteiger partial charge on any atom is 0.495 e. The van der Waals surface area contributed by atoms with Crippen molar-refractivity contribution in [1.82, 2.24) is 0 Å². The first-order valence-corrected chi connectivity index (χ1v) is 9.64. The molecule has 0 rings (SSSR count). The summed E-state index contributed by atoms with van der Waals surface area (Å²) in [7, 11) is 1.36.